The number of Topliss-reactive ketones (excluding diaryl/α,β-unsaturated/α-hetero) is 1. The fourth-order valence-electron chi connectivity index (χ4n) is 1.52. The van der Waals surface area contributed by atoms with Crippen LogP contribution in [-0.4, -0.2) is 12.4 Å². The maximum Gasteiger partial charge on any atom is 0.165 e. The van der Waals surface area contributed by atoms with Gasteiger partial charge >= 0.3 is 0 Å². The van der Waals surface area contributed by atoms with Gasteiger partial charge < -0.3 is 4.74 Å². The summed E-state index contributed by atoms with van der Waals surface area (Å²) in [5, 5.41) is 0. The summed E-state index contributed by atoms with van der Waals surface area (Å²) < 4.78 is 5.45. The predicted molar refractivity (Wildman–Crippen MR) is 59.3 cm³/mol. The summed E-state index contributed by atoms with van der Waals surface area (Å²) in [6.07, 6.45) is 3.13. The lowest BCUT2D eigenvalue weighted by Gasteiger charge is -2.04. The van der Waals surface area contributed by atoms with E-state index < -0.39 is 0 Å². The lowest BCUT2D eigenvalue weighted by atomic mass is 10.1. The number of carbonyl (C=O) groups excluding carboxylic acids is 1. The molecule has 0 amide bonds. The molecule has 1 aromatic carbocycles. The summed E-state index contributed by atoms with van der Waals surface area (Å²) in [7, 11) is 0. The molecule has 0 aliphatic heterocycles. The number of carbonyl (C=O) groups is 1. The van der Waals surface area contributed by atoms with Crippen LogP contribution in [0.2, 0.25) is 0 Å². The van der Waals surface area contributed by atoms with Crippen molar-refractivity contribution in [3.8, 4) is 5.75 Å². The van der Waals surface area contributed by atoms with Crippen LogP contribution >= 0.6 is 0 Å². The largest absolute Gasteiger partial charge is 0.494 e. The molecule has 0 N–H and O–H groups in total. The molecular formula is C13H16O2. The zero-order valence-electron chi connectivity index (χ0n) is 9.03. The van der Waals surface area contributed by atoms with Crippen LogP contribution in [0.25, 0.3) is 0 Å². The molecule has 1 aromatic rings. The lowest BCUT2D eigenvalue weighted by Crippen LogP contribution is -2.01. The molecule has 15 heavy (non-hydrogen) atoms. The molecule has 0 spiro atoms. The Morgan fingerprint density at radius 1 is 1.33 bits per heavy atom. The first-order valence-electron chi connectivity index (χ1n) is 5.58. The molecule has 2 rings (SSSR count). The van der Waals surface area contributed by atoms with Crippen LogP contribution in [0.1, 0.15) is 36.5 Å². The van der Waals surface area contributed by atoms with Gasteiger partial charge in [0.25, 0.3) is 0 Å². The molecule has 1 aliphatic rings. The second-order valence-corrected chi connectivity index (χ2v) is 4.01. The van der Waals surface area contributed by atoms with Crippen molar-refractivity contribution >= 4 is 5.78 Å². The topological polar surface area (TPSA) is 26.3 Å². The van der Waals surface area contributed by atoms with Crippen molar-refractivity contribution < 1.29 is 9.53 Å². The van der Waals surface area contributed by atoms with Crippen molar-refractivity contribution in [2.45, 2.75) is 26.2 Å². The highest BCUT2D eigenvalue weighted by atomic mass is 16.5. The van der Waals surface area contributed by atoms with Gasteiger partial charge in [-0.1, -0.05) is 6.92 Å². The second kappa shape index (κ2) is 4.47. The number of ether oxygens (including phenoxy) is 1. The van der Waals surface area contributed by atoms with E-state index in [0.29, 0.717) is 5.92 Å². The first-order valence-corrected chi connectivity index (χ1v) is 5.58. The van der Waals surface area contributed by atoms with E-state index in [0.717, 1.165) is 37.2 Å². The first kappa shape index (κ1) is 10.2. The van der Waals surface area contributed by atoms with Crippen LogP contribution in [0, 0.1) is 5.92 Å². The molecule has 2 heteroatoms. The van der Waals surface area contributed by atoms with Gasteiger partial charge in [-0.25, -0.2) is 0 Å². The summed E-state index contributed by atoms with van der Waals surface area (Å²) >= 11 is 0. The molecule has 0 saturated heterocycles. The number of hydrogen-bond acceptors (Lipinski definition) is 2. The highest BCUT2D eigenvalue weighted by Crippen LogP contribution is 2.32. The Labute approximate surface area is 90.3 Å². The van der Waals surface area contributed by atoms with E-state index in [4.69, 9.17) is 4.74 Å². The predicted octanol–water partition coefficient (Wildman–Crippen LogP) is 3.07. The van der Waals surface area contributed by atoms with Crippen LogP contribution in [0.15, 0.2) is 24.3 Å². The molecule has 1 aliphatic carbocycles. The second-order valence-electron chi connectivity index (χ2n) is 4.01. The third-order valence-corrected chi connectivity index (χ3v) is 2.56. The quantitative estimate of drug-likeness (QED) is 0.689. The lowest BCUT2D eigenvalue weighted by molar-refractivity contribution is 0.0967. The molecule has 0 radical (unpaired) electrons. The van der Waals surface area contributed by atoms with Gasteiger partial charge in [0, 0.05) is 11.5 Å². The molecule has 0 bridgehead atoms. The van der Waals surface area contributed by atoms with Crippen LogP contribution in [0.5, 0.6) is 5.75 Å². The molecule has 0 atom stereocenters. The summed E-state index contributed by atoms with van der Waals surface area (Å²) in [4.78, 5) is 11.7. The highest BCUT2D eigenvalue weighted by Gasteiger charge is 2.30. The van der Waals surface area contributed by atoms with Gasteiger partial charge in [-0.05, 0) is 43.5 Å². The van der Waals surface area contributed by atoms with E-state index in [1.807, 2.05) is 24.3 Å². The van der Waals surface area contributed by atoms with E-state index in [9.17, 15) is 4.79 Å². The summed E-state index contributed by atoms with van der Waals surface area (Å²) in [5.74, 6) is 1.44. The molecule has 80 valence electrons. The fraction of sp³-hybridized carbons (Fsp3) is 0.462. The summed E-state index contributed by atoms with van der Waals surface area (Å²) in [5.41, 5.74) is 0.821. The van der Waals surface area contributed by atoms with Gasteiger partial charge in [0.05, 0.1) is 6.61 Å². The Hall–Kier alpha value is -1.31. The monoisotopic (exact) mass is 204 g/mol. The molecule has 0 heterocycles. The zero-order valence-corrected chi connectivity index (χ0v) is 9.03. The van der Waals surface area contributed by atoms with E-state index in [-0.39, 0.29) is 5.78 Å². The summed E-state index contributed by atoms with van der Waals surface area (Å²) in [6.45, 7) is 2.81. The smallest absolute Gasteiger partial charge is 0.165 e. The SMILES string of the molecule is CCCOc1ccc(C(=O)C2CC2)cc1. The minimum absolute atomic E-state index is 0.289. The standard InChI is InChI=1S/C13H16O2/c1-2-9-15-12-7-5-11(6-8-12)13(14)10-3-4-10/h5-8,10H,2-4,9H2,1H3. The Morgan fingerprint density at radius 3 is 2.53 bits per heavy atom. The van der Waals surface area contributed by atoms with Crippen LogP contribution < -0.4 is 4.74 Å². The van der Waals surface area contributed by atoms with E-state index in [2.05, 4.69) is 6.92 Å². The number of rotatable bonds is 5. The Balaban J connectivity index is 1.99. The Morgan fingerprint density at radius 2 is 2.00 bits per heavy atom. The number of hydrogen-bond donors (Lipinski definition) is 0. The van der Waals surface area contributed by atoms with Crippen molar-refractivity contribution in [3.05, 3.63) is 29.8 Å². The highest BCUT2D eigenvalue weighted by molar-refractivity contribution is 5.99. The van der Waals surface area contributed by atoms with Crippen molar-refractivity contribution in [2.75, 3.05) is 6.61 Å². The summed E-state index contributed by atoms with van der Waals surface area (Å²) in [6, 6.07) is 7.49. The molecule has 0 unspecified atom stereocenters. The van der Waals surface area contributed by atoms with E-state index >= 15 is 0 Å². The van der Waals surface area contributed by atoms with Gasteiger partial charge in [0.2, 0.25) is 0 Å². The van der Waals surface area contributed by atoms with Gasteiger partial charge in [0.1, 0.15) is 5.75 Å². The molecule has 2 nitrogen and oxygen atoms in total. The Kier molecular flexibility index (Phi) is 3.05. The minimum atomic E-state index is 0.289. The van der Waals surface area contributed by atoms with Crippen LogP contribution in [-0.2, 0) is 0 Å². The maximum absolute atomic E-state index is 11.7. The average molecular weight is 204 g/mol. The molecule has 1 fully saturated rings. The van der Waals surface area contributed by atoms with E-state index in [1.54, 1.807) is 0 Å². The number of benzene rings is 1. The molecule has 0 aromatic heterocycles. The first-order chi connectivity index (χ1) is 7.31. The van der Waals surface area contributed by atoms with Crippen molar-refractivity contribution in [1.82, 2.24) is 0 Å². The Bertz CT molecular complexity index is 336. The van der Waals surface area contributed by atoms with Crippen molar-refractivity contribution in [3.63, 3.8) is 0 Å². The van der Waals surface area contributed by atoms with Gasteiger partial charge in [-0.2, -0.15) is 0 Å². The third kappa shape index (κ3) is 2.58. The van der Waals surface area contributed by atoms with Crippen LogP contribution in [0.4, 0.5) is 0 Å². The van der Waals surface area contributed by atoms with Crippen molar-refractivity contribution in [1.29, 1.82) is 0 Å². The number of ketones is 1. The van der Waals surface area contributed by atoms with Crippen molar-refractivity contribution in [2.24, 2.45) is 5.92 Å². The maximum atomic E-state index is 11.7. The zero-order chi connectivity index (χ0) is 10.7. The fourth-order valence-corrected chi connectivity index (χ4v) is 1.52. The van der Waals surface area contributed by atoms with Gasteiger partial charge in [-0.3, -0.25) is 4.79 Å². The third-order valence-electron chi connectivity index (χ3n) is 2.56. The average Bonchev–Trinajstić information content (AvgIpc) is 3.10. The minimum Gasteiger partial charge on any atom is -0.494 e. The van der Waals surface area contributed by atoms with Gasteiger partial charge in [-0.15, -0.1) is 0 Å². The normalized spacial score (nSPS) is 15.0. The van der Waals surface area contributed by atoms with Crippen LogP contribution in [0.3, 0.4) is 0 Å². The molecule has 1 saturated carbocycles. The van der Waals surface area contributed by atoms with Gasteiger partial charge in [0.15, 0.2) is 5.78 Å². The molecular weight excluding hydrogens is 188 g/mol. The van der Waals surface area contributed by atoms with E-state index in [1.165, 1.54) is 0 Å².